The first-order valence-electron chi connectivity index (χ1n) is 7.63. The zero-order valence-corrected chi connectivity index (χ0v) is 14.4. The van der Waals surface area contributed by atoms with Crippen LogP contribution < -0.4 is 0 Å². The summed E-state index contributed by atoms with van der Waals surface area (Å²) in [6.45, 7) is 17.6. The Morgan fingerprint density at radius 2 is 2.05 bits per heavy atom. The van der Waals surface area contributed by atoms with Crippen LogP contribution >= 0.6 is 0 Å². The highest BCUT2D eigenvalue weighted by Crippen LogP contribution is 2.28. The summed E-state index contributed by atoms with van der Waals surface area (Å²) in [5.41, 5.74) is -0.554. The van der Waals surface area contributed by atoms with E-state index in [-0.39, 0.29) is 18.2 Å². The van der Waals surface area contributed by atoms with Crippen molar-refractivity contribution in [3.8, 4) is 0 Å². The summed E-state index contributed by atoms with van der Waals surface area (Å²) in [4.78, 5) is 14.1. The lowest BCUT2D eigenvalue weighted by molar-refractivity contribution is -0.145. The van der Waals surface area contributed by atoms with Crippen molar-refractivity contribution in [1.29, 1.82) is 0 Å². The number of rotatable bonds is 6. The molecule has 1 heterocycles. The molecule has 1 aliphatic rings. The van der Waals surface area contributed by atoms with Gasteiger partial charge in [-0.3, -0.25) is 4.90 Å². The molecule has 0 spiro atoms. The van der Waals surface area contributed by atoms with Gasteiger partial charge in [-0.05, 0) is 41.0 Å². The van der Waals surface area contributed by atoms with Gasteiger partial charge in [0, 0.05) is 6.54 Å². The van der Waals surface area contributed by atoms with Crippen molar-refractivity contribution < 1.29 is 19.0 Å². The van der Waals surface area contributed by atoms with Crippen molar-refractivity contribution >= 4 is 6.09 Å². The van der Waals surface area contributed by atoms with E-state index in [1.165, 1.54) is 0 Å². The molecule has 0 radical (unpaired) electrons. The number of amides is 1. The Morgan fingerprint density at radius 1 is 1.41 bits per heavy atom. The molecule has 1 rings (SSSR count). The summed E-state index contributed by atoms with van der Waals surface area (Å²) in [5, 5.41) is 0. The van der Waals surface area contributed by atoms with Crippen molar-refractivity contribution in [2.75, 3.05) is 13.2 Å². The van der Waals surface area contributed by atoms with Gasteiger partial charge in [0.05, 0.1) is 12.6 Å². The van der Waals surface area contributed by atoms with Crippen LogP contribution in [0.25, 0.3) is 0 Å². The number of hydrogen-bond acceptors (Lipinski definition) is 4. The van der Waals surface area contributed by atoms with Crippen LogP contribution in [0, 0.1) is 0 Å². The van der Waals surface area contributed by atoms with Crippen LogP contribution in [0.1, 0.15) is 41.0 Å². The third-order valence-corrected chi connectivity index (χ3v) is 3.22. The van der Waals surface area contributed by atoms with Crippen molar-refractivity contribution in [2.24, 2.45) is 0 Å². The fraction of sp³-hybridized carbons (Fsp3) is 0.706. The van der Waals surface area contributed by atoms with Gasteiger partial charge in [-0.1, -0.05) is 12.2 Å². The molecule has 0 aromatic carbocycles. The highest BCUT2D eigenvalue weighted by Gasteiger charge is 2.41. The predicted octanol–water partition coefficient (Wildman–Crippen LogP) is 3.51. The molecule has 22 heavy (non-hydrogen) atoms. The molecule has 2 atom stereocenters. The standard InChI is InChI=1S/C17H29NO4/c1-8-10-13(14-12-20-17(6,7)21-14)18(11-9-2)15(19)22-16(3,4)5/h8-9,13-14H,1-2,10-12H2,3-7H3/t13?,14-/m1/s1. The molecule has 0 aliphatic carbocycles. The van der Waals surface area contributed by atoms with Gasteiger partial charge in [-0.15, -0.1) is 13.2 Å². The van der Waals surface area contributed by atoms with E-state index >= 15 is 0 Å². The minimum Gasteiger partial charge on any atom is -0.444 e. The number of carbonyl (C=O) groups is 1. The average Bonchev–Trinajstić information content (AvgIpc) is 2.71. The fourth-order valence-electron chi connectivity index (χ4n) is 2.36. The highest BCUT2D eigenvalue weighted by atomic mass is 16.7. The first-order valence-corrected chi connectivity index (χ1v) is 7.63. The van der Waals surface area contributed by atoms with Gasteiger partial charge in [-0.2, -0.15) is 0 Å². The molecule has 1 amide bonds. The predicted molar refractivity (Wildman–Crippen MR) is 86.6 cm³/mol. The van der Waals surface area contributed by atoms with E-state index in [0.717, 1.165) is 0 Å². The van der Waals surface area contributed by atoms with Crippen molar-refractivity contribution in [3.63, 3.8) is 0 Å². The number of nitrogens with zero attached hydrogens (tertiary/aromatic N) is 1. The maximum Gasteiger partial charge on any atom is 0.410 e. The molecule has 1 saturated heterocycles. The molecule has 0 bridgehead atoms. The topological polar surface area (TPSA) is 48.0 Å². The molecule has 0 aromatic rings. The molecule has 5 nitrogen and oxygen atoms in total. The number of ether oxygens (including phenoxy) is 3. The molecule has 1 fully saturated rings. The molecule has 1 unspecified atom stereocenters. The fourth-order valence-corrected chi connectivity index (χ4v) is 2.36. The summed E-state index contributed by atoms with van der Waals surface area (Å²) in [7, 11) is 0. The molecular formula is C17H29NO4. The quantitative estimate of drug-likeness (QED) is 0.704. The Hall–Kier alpha value is -1.33. The molecule has 0 aromatic heterocycles. The lowest BCUT2D eigenvalue weighted by Gasteiger charge is -2.35. The van der Waals surface area contributed by atoms with E-state index in [1.54, 1.807) is 17.1 Å². The zero-order chi connectivity index (χ0) is 17.0. The second-order valence-electron chi connectivity index (χ2n) is 6.88. The number of hydrogen-bond donors (Lipinski definition) is 0. The van der Waals surface area contributed by atoms with Gasteiger partial charge < -0.3 is 14.2 Å². The SMILES string of the molecule is C=CCC([C@H]1COC(C)(C)O1)N(CC=C)C(=O)OC(C)(C)C. The Kier molecular flexibility index (Phi) is 6.20. The minimum atomic E-state index is -0.641. The summed E-state index contributed by atoms with van der Waals surface area (Å²) in [6.07, 6.45) is 3.45. The van der Waals surface area contributed by atoms with Gasteiger partial charge in [0.25, 0.3) is 0 Å². The molecule has 0 N–H and O–H groups in total. The Morgan fingerprint density at radius 3 is 2.45 bits per heavy atom. The van der Waals surface area contributed by atoms with Gasteiger partial charge in [0.1, 0.15) is 11.7 Å². The summed E-state index contributed by atoms with van der Waals surface area (Å²) in [5.74, 6) is -0.641. The molecule has 126 valence electrons. The van der Waals surface area contributed by atoms with Crippen LogP contribution in [0.2, 0.25) is 0 Å². The van der Waals surface area contributed by atoms with E-state index in [4.69, 9.17) is 14.2 Å². The third kappa shape index (κ3) is 5.46. The van der Waals surface area contributed by atoms with Crippen LogP contribution in [-0.2, 0) is 14.2 Å². The largest absolute Gasteiger partial charge is 0.444 e. The van der Waals surface area contributed by atoms with Crippen molar-refractivity contribution in [3.05, 3.63) is 25.3 Å². The van der Waals surface area contributed by atoms with Crippen LogP contribution in [-0.4, -0.2) is 47.7 Å². The minimum absolute atomic E-state index is 0.202. The second kappa shape index (κ2) is 7.29. The highest BCUT2D eigenvalue weighted by molar-refractivity contribution is 5.69. The molecular weight excluding hydrogens is 282 g/mol. The lowest BCUT2D eigenvalue weighted by Crippen LogP contribution is -2.49. The smallest absolute Gasteiger partial charge is 0.410 e. The maximum absolute atomic E-state index is 12.5. The van der Waals surface area contributed by atoms with Gasteiger partial charge in [0.15, 0.2) is 5.79 Å². The first-order chi connectivity index (χ1) is 10.1. The average molecular weight is 311 g/mol. The normalized spacial score (nSPS) is 22.0. The second-order valence-corrected chi connectivity index (χ2v) is 6.88. The van der Waals surface area contributed by atoms with E-state index in [0.29, 0.717) is 19.6 Å². The van der Waals surface area contributed by atoms with Crippen LogP contribution in [0.3, 0.4) is 0 Å². The molecule has 5 heteroatoms. The van der Waals surface area contributed by atoms with E-state index in [2.05, 4.69) is 13.2 Å². The monoisotopic (exact) mass is 311 g/mol. The van der Waals surface area contributed by atoms with E-state index in [9.17, 15) is 4.79 Å². The Labute approximate surface area is 133 Å². The van der Waals surface area contributed by atoms with Gasteiger partial charge in [0.2, 0.25) is 0 Å². The van der Waals surface area contributed by atoms with Gasteiger partial charge >= 0.3 is 6.09 Å². The third-order valence-electron chi connectivity index (χ3n) is 3.22. The van der Waals surface area contributed by atoms with Crippen molar-refractivity contribution in [1.82, 2.24) is 4.90 Å². The van der Waals surface area contributed by atoms with Crippen LogP contribution in [0.15, 0.2) is 25.3 Å². The van der Waals surface area contributed by atoms with Crippen LogP contribution in [0.5, 0.6) is 0 Å². The lowest BCUT2D eigenvalue weighted by atomic mass is 10.1. The van der Waals surface area contributed by atoms with Crippen LogP contribution in [0.4, 0.5) is 4.79 Å². The van der Waals surface area contributed by atoms with Crippen molar-refractivity contribution in [2.45, 2.75) is 64.6 Å². The Bertz CT molecular complexity index is 411. The first kappa shape index (κ1) is 18.7. The summed E-state index contributed by atoms with van der Waals surface area (Å²) < 4.78 is 17.0. The summed E-state index contributed by atoms with van der Waals surface area (Å²) >= 11 is 0. The maximum atomic E-state index is 12.5. The molecule has 0 saturated carbocycles. The van der Waals surface area contributed by atoms with Gasteiger partial charge in [-0.25, -0.2) is 4.79 Å². The zero-order valence-electron chi connectivity index (χ0n) is 14.4. The Balaban J connectivity index is 2.94. The summed E-state index contributed by atoms with van der Waals surface area (Å²) in [6, 6.07) is -0.202. The van der Waals surface area contributed by atoms with E-state index in [1.807, 2.05) is 34.6 Å². The molecule has 1 aliphatic heterocycles. The van der Waals surface area contributed by atoms with E-state index < -0.39 is 11.4 Å². The number of carbonyl (C=O) groups excluding carboxylic acids is 1.